The third kappa shape index (κ3) is 3.93. The predicted molar refractivity (Wildman–Crippen MR) is 102 cm³/mol. The molecular weight excluding hydrogens is 379 g/mol. The average Bonchev–Trinajstić information content (AvgIpc) is 2.64. The number of hydrazine groups is 1. The molecule has 2 aromatic carbocycles. The van der Waals surface area contributed by atoms with Crippen molar-refractivity contribution in [3.63, 3.8) is 0 Å². The molecule has 8 nitrogen and oxygen atoms in total. The minimum absolute atomic E-state index is 0.00509. The molecule has 3 rings (SSSR count). The van der Waals surface area contributed by atoms with E-state index in [4.69, 9.17) is 23.2 Å². The fourth-order valence-corrected chi connectivity index (χ4v) is 2.46. The first-order valence-electron chi connectivity index (χ1n) is 7.34. The fourth-order valence-electron chi connectivity index (χ4n) is 2.12. The Kier molecular flexibility index (Phi) is 5.35. The molecule has 0 amide bonds. The van der Waals surface area contributed by atoms with Crippen LogP contribution < -0.4 is 16.2 Å². The van der Waals surface area contributed by atoms with Crippen LogP contribution in [0.15, 0.2) is 54.9 Å². The number of benzene rings is 2. The Hall–Kier alpha value is -3.10. The topological polar surface area (TPSA) is 105 Å². The quantitative estimate of drug-likeness (QED) is 0.407. The summed E-state index contributed by atoms with van der Waals surface area (Å²) in [5.41, 5.74) is 6.34. The highest BCUT2D eigenvalue weighted by molar-refractivity contribution is 6.43. The molecule has 0 spiro atoms. The van der Waals surface area contributed by atoms with Crippen LogP contribution >= 0.6 is 23.2 Å². The molecule has 0 aliphatic rings. The van der Waals surface area contributed by atoms with Crippen LogP contribution in [0, 0.1) is 10.1 Å². The molecule has 26 heavy (non-hydrogen) atoms. The average molecular weight is 391 g/mol. The molecule has 0 bridgehead atoms. The maximum Gasteiger partial charge on any atom is 0.355 e. The van der Waals surface area contributed by atoms with E-state index >= 15 is 0 Å². The third-order valence-electron chi connectivity index (χ3n) is 3.31. The highest BCUT2D eigenvalue weighted by Crippen LogP contribution is 2.35. The molecule has 10 heteroatoms. The minimum atomic E-state index is -0.588. The predicted octanol–water partition coefficient (Wildman–Crippen LogP) is 4.87. The van der Waals surface area contributed by atoms with E-state index in [-0.39, 0.29) is 22.3 Å². The standard InChI is InChI=1S/C16H12Cl2N6O2/c17-11-7-4-8-12(13(11)18)21-15-14(24(25)26)16(20-9-19-15)23-22-10-5-2-1-3-6-10/h1-9,22H,(H2,19,20,21,23). The van der Waals surface area contributed by atoms with Gasteiger partial charge in [0.1, 0.15) is 6.33 Å². The van der Waals surface area contributed by atoms with Crippen molar-refractivity contribution in [2.75, 3.05) is 16.2 Å². The van der Waals surface area contributed by atoms with E-state index in [0.29, 0.717) is 16.4 Å². The first-order chi connectivity index (χ1) is 12.6. The molecular formula is C16H12Cl2N6O2. The zero-order valence-corrected chi connectivity index (χ0v) is 14.6. The molecule has 3 aromatic rings. The molecule has 132 valence electrons. The number of nitro groups is 1. The number of hydrogen-bond donors (Lipinski definition) is 3. The van der Waals surface area contributed by atoms with Crippen molar-refractivity contribution in [3.8, 4) is 0 Å². The molecule has 0 saturated carbocycles. The highest BCUT2D eigenvalue weighted by atomic mass is 35.5. The number of para-hydroxylation sites is 1. The molecule has 3 N–H and O–H groups in total. The van der Waals surface area contributed by atoms with Crippen molar-refractivity contribution in [2.45, 2.75) is 0 Å². The van der Waals surface area contributed by atoms with Crippen molar-refractivity contribution in [1.29, 1.82) is 0 Å². The normalized spacial score (nSPS) is 10.2. The van der Waals surface area contributed by atoms with Gasteiger partial charge < -0.3 is 5.32 Å². The lowest BCUT2D eigenvalue weighted by atomic mass is 10.3. The van der Waals surface area contributed by atoms with E-state index in [1.807, 2.05) is 18.2 Å². The lowest BCUT2D eigenvalue weighted by molar-refractivity contribution is -0.383. The monoisotopic (exact) mass is 390 g/mol. The van der Waals surface area contributed by atoms with E-state index in [9.17, 15) is 10.1 Å². The lowest BCUT2D eigenvalue weighted by Gasteiger charge is -2.12. The Morgan fingerprint density at radius 1 is 0.923 bits per heavy atom. The molecule has 0 aliphatic carbocycles. The second-order valence-electron chi connectivity index (χ2n) is 5.02. The van der Waals surface area contributed by atoms with Gasteiger partial charge in [-0.15, -0.1) is 0 Å². The van der Waals surface area contributed by atoms with Crippen LogP contribution in [0.4, 0.5) is 28.7 Å². The summed E-state index contributed by atoms with van der Waals surface area (Å²) in [6.45, 7) is 0. The summed E-state index contributed by atoms with van der Waals surface area (Å²) in [6, 6.07) is 14.0. The molecule has 0 unspecified atom stereocenters. The number of anilines is 4. The number of nitrogens with one attached hydrogen (secondary N) is 3. The second kappa shape index (κ2) is 7.85. The van der Waals surface area contributed by atoms with Gasteiger partial charge >= 0.3 is 5.69 Å². The number of rotatable bonds is 6. The van der Waals surface area contributed by atoms with Crippen molar-refractivity contribution in [3.05, 3.63) is 75.0 Å². The fraction of sp³-hybridized carbons (Fsp3) is 0. The summed E-state index contributed by atoms with van der Waals surface area (Å²) in [7, 11) is 0. The number of halogens is 2. The van der Waals surface area contributed by atoms with E-state index in [1.54, 1.807) is 30.3 Å². The van der Waals surface area contributed by atoms with Gasteiger partial charge in [0.05, 0.1) is 26.3 Å². The SMILES string of the molecule is O=[N+]([O-])c1c(NNc2ccccc2)ncnc1Nc1cccc(Cl)c1Cl. The van der Waals surface area contributed by atoms with E-state index in [0.717, 1.165) is 0 Å². The summed E-state index contributed by atoms with van der Waals surface area (Å²) in [4.78, 5) is 18.8. The highest BCUT2D eigenvalue weighted by Gasteiger charge is 2.24. The van der Waals surface area contributed by atoms with Crippen LogP contribution in [0.2, 0.25) is 10.0 Å². The van der Waals surface area contributed by atoms with E-state index < -0.39 is 4.92 Å². The summed E-state index contributed by atoms with van der Waals surface area (Å²) in [5, 5.41) is 14.9. The number of nitrogens with zero attached hydrogens (tertiary/aromatic N) is 3. The van der Waals surface area contributed by atoms with Gasteiger partial charge in [-0.2, -0.15) is 0 Å². The lowest BCUT2D eigenvalue weighted by Crippen LogP contribution is -2.13. The van der Waals surface area contributed by atoms with Crippen molar-refractivity contribution in [1.82, 2.24) is 9.97 Å². The van der Waals surface area contributed by atoms with Crippen molar-refractivity contribution < 1.29 is 4.92 Å². The summed E-state index contributed by atoms with van der Waals surface area (Å²) < 4.78 is 0. The van der Waals surface area contributed by atoms with Crippen molar-refractivity contribution in [2.24, 2.45) is 0 Å². The van der Waals surface area contributed by atoms with Gasteiger partial charge in [-0.3, -0.25) is 21.0 Å². The number of aromatic nitrogens is 2. The summed E-state index contributed by atoms with van der Waals surface area (Å²) in [5.74, 6) is -0.0268. The zero-order chi connectivity index (χ0) is 18.5. The van der Waals surface area contributed by atoms with Crippen LogP contribution in [-0.2, 0) is 0 Å². The Labute approximate surface area is 158 Å². The third-order valence-corrected chi connectivity index (χ3v) is 4.13. The molecule has 1 aromatic heterocycles. The van der Waals surface area contributed by atoms with Crippen LogP contribution in [0.25, 0.3) is 0 Å². The number of hydrogen-bond acceptors (Lipinski definition) is 7. The van der Waals surface area contributed by atoms with Gasteiger partial charge in [-0.25, -0.2) is 9.97 Å². The summed E-state index contributed by atoms with van der Waals surface area (Å²) in [6.07, 6.45) is 1.20. The Morgan fingerprint density at radius 3 is 2.38 bits per heavy atom. The largest absolute Gasteiger partial charge is 0.355 e. The van der Waals surface area contributed by atoms with Gasteiger partial charge in [0, 0.05) is 0 Å². The van der Waals surface area contributed by atoms with Crippen LogP contribution in [-0.4, -0.2) is 14.9 Å². The summed E-state index contributed by atoms with van der Waals surface area (Å²) >= 11 is 12.1. The Balaban J connectivity index is 1.91. The zero-order valence-electron chi connectivity index (χ0n) is 13.1. The first kappa shape index (κ1) is 17.7. The molecule has 1 heterocycles. The van der Waals surface area contributed by atoms with Gasteiger partial charge in [-0.05, 0) is 24.3 Å². The minimum Gasteiger partial charge on any atom is -0.333 e. The van der Waals surface area contributed by atoms with Gasteiger partial charge in [0.25, 0.3) is 0 Å². The molecule has 0 radical (unpaired) electrons. The Bertz CT molecular complexity index is 939. The van der Waals surface area contributed by atoms with E-state index in [1.165, 1.54) is 6.33 Å². The first-order valence-corrected chi connectivity index (χ1v) is 8.09. The van der Waals surface area contributed by atoms with Crippen LogP contribution in [0.5, 0.6) is 0 Å². The molecule has 0 saturated heterocycles. The molecule has 0 fully saturated rings. The van der Waals surface area contributed by atoms with Gasteiger partial charge in [0.15, 0.2) is 0 Å². The van der Waals surface area contributed by atoms with Crippen LogP contribution in [0.1, 0.15) is 0 Å². The Morgan fingerprint density at radius 2 is 1.65 bits per heavy atom. The maximum absolute atomic E-state index is 11.6. The smallest absolute Gasteiger partial charge is 0.333 e. The van der Waals surface area contributed by atoms with Gasteiger partial charge in [0.2, 0.25) is 11.6 Å². The van der Waals surface area contributed by atoms with E-state index in [2.05, 4.69) is 26.1 Å². The molecule has 0 aliphatic heterocycles. The maximum atomic E-state index is 11.6. The van der Waals surface area contributed by atoms with Gasteiger partial charge in [-0.1, -0.05) is 47.5 Å². The second-order valence-corrected chi connectivity index (χ2v) is 5.80. The molecule has 0 atom stereocenters. The van der Waals surface area contributed by atoms with Crippen LogP contribution in [0.3, 0.4) is 0 Å². The van der Waals surface area contributed by atoms with Crippen molar-refractivity contribution >= 4 is 51.9 Å².